The average Bonchev–Trinajstić information content (AvgIpc) is 2.85. The van der Waals surface area contributed by atoms with E-state index in [0.717, 1.165) is 12.8 Å². The highest BCUT2D eigenvalue weighted by atomic mass is 16.5. The lowest BCUT2D eigenvalue weighted by Gasteiger charge is -2.39. The normalized spacial score (nSPS) is 18.0. The Morgan fingerprint density at radius 2 is 2.10 bits per heavy atom. The molecule has 1 aliphatic heterocycles. The maximum atomic E-state index is 12.2. The van der Waals surface area contributed by atoms with Crippen LogP contribution in [-0.4, -0.2) is 35.0 Å². The van der Waals surface area contributed by atoms with Gasteiger partial charge in [-0.2, -0.15) is 0 Å². The van der Waals surface area contributed by atoms with Crippen molar-refractivity contribution in [3.8, 4) is 0 Å². The van der Waals surface area contributed by atoms with Crippen molar-refractivity contribution in [2.75, 3.05) is 13.1 Å². The first-order valence-corrected chi connectivity index (χ1v) is 7.01. The third-order valence-electron chi connectivity index (χ3n) is 4.11. The van der Waals surface area contributed by atoms with Crippen LogP contribution in [0.15, 0.2) is 10.6 Å². The molecule has 1 aromatic rings. The van der Waals surface area contributed by atoms with E-state index in [1.54, 1.807) is 17.9 Å². The van der Waals surface area contributed by atoms with Crippen LogP contribution in [0.2, 0.25) is 0 Å². The lowest BCUT2D eigenvalue weighted by Crippen LogP contribution is -2.48. The van der Waals surface area contributed by atoms with Crippen molar-refractivity contribution < 1.29 is 14.1 Å². The van der Waals surface area contributed by atoms with Gasteiger partial charge >= 0.3 is 0 Å². The molecule has 1 aliphatic rings. The molecule has 0 bridgehead atoms. The molecule has 0 atom stereocenters. The highest BCUT2D eigenvalue weighted by Gasteiger charge is 2.40. The molecule has 2 N–H and O–H groups in total. The second-order valence-electron chi connectivity index (χ2n) is 5.51. The molecule has 1 fully saturated rings. The first kappa shape index (κ1) is 14.6. The summed E-state index contributed by atoms with van der Waals surface area (Å²) in [5.74, 6) is 0.225. The quantitative estimate of drug-likeness (QED) is 0.904. The molecule has 6 nitrogen and oxygen atoms in total. The van der Waals surface area contributed by atoms with Crippen molar-refractivity contribution in [2.24, 2.45) is 11.1 Å². The maximum absolute atomic E-state index is 12.2. The Morgan fingerprint density at radius 1 is 1.45 bits per heavy atom. The summed E-state index contributed by atoms with van der Waals surface area (Å²) in [5.41, 5.74) is 5.43. The van der Waals surface area contributed by atoms with Crippen molar-refractivity contribution in [1.29, 1.82) is 0 Å². The first-order valence-electron chi connectivity index (χ1n) is 7.01. The summed E-state index contributed by atoms with van der Waals surface area (Å²) in [4.78, 5) is 25.7. The van der Waals surface area contributed by atoms with Gasteiger partial charge in [0.25, 0.3) is 5.91 Å². The number of nitrogens with zero attached hydrogens (tertiary/aromatic N) is 2. The Labute approximate surface area is 118 Å². The molecule has 0 aromatic carbocycles. The van der Waals surface area contributed by atoms with Crippen molar-refractivity contribution in [3.63, 3.8) is 0 Å². The SMILES string of the molecule is CCCC1(C(N)=O)CCN(C(=O)c2cc(C)on2)CC1. The van der Waals surface area contributed by atoms with Crippen molar-refractivity contribution in [2.45, 2.75) is 39.5 Å². The summed E-state index contributed by atoms with van der Waals surface area (Å²) in [6, 6.07) is 1.63. The van der Waals surface area contributed by atoms with Crippen LogP contribution in [0.1, 0.15) is 48.9 Å². The molecule has 0 saturated carbocycles. The van der Waals surface area contributed by atoms with Crippen LogP contribution in [0, 0.1) is 12.3 Å². The Bertz CT molecular complexity index is 502. The predicted molar refractivity (Wildman–Crippen MR) is 72.9 cm³/mol. The van der Waals surface area contributed by atoms with Crippen LogP contribution in [-0.2, 0) is 4.79 Å². The van der Waals surface area contributed by atoms with E-state index in [4.69, 9.17) is 10.3 Å². The van der Waals surface area contributed by atoms with Gasteiger partial charge in [0.1, 0.15) is 5.76 Å². The second-order valence-corrected chi connectivity index (χ2v) is 5.51. The smallest absolute Gasteiger partial charge is 0.276 e. The number of aryl methyl sites for hydroxylation is 1. The number of primary amides is 1. The van der Waals surface area contributed by atoms with E-state index in [9.17, 15) is 9.59 Å². The number of carbonyl (C=O) groups excluding carboxylic acids is 2. The van der Waals surface area contributed by atoms with E-state index in [2.05, 4.69) is 5.16 Å². The number of carbonyl (C=O) groups is 2. The van der Waals surface area contributed by atoms with Gasteiger partial charge in [-0.15, -0.1) is 0 Å². The van der Waals surface area contributed by atoms with E-state index in [0.29, 0.717) is 37.4 Å². The second kappa shape index (κ2) is 5.64. The van der Waals surface area contributed by atoms with Gasteiger partial charge in [-0.3, -0.25) is 9.59 Å². The number of amides is 2. The van der Waals surface area contributed by atoms with Crippen LogP contribution in [0.25, 0.3) is 0 Å². The molecule has 110 valence electrons. The number of nitrogens with two attached hydrogens (primary N) is 1. The first-order chi connectivity index (χ1) is 9.48. The molecule has 0 unspecified atom stereocenters. The molecule has 0 aliphatic carbocycles. The molecule has 2 amide bonds. The number of hydrogen-bond donors (Lipinski definition) is 1. The lowest BCUT2D eigenvalue weighted by atomic mass is 9.74. The average molecular weight is 279 g/mol. The van der Waals surface area contributed by atoms with E-state index >= 15 is 0 Å². The topological polar surface area (TPSA) is 89.4 Å². The zero-order valence-corrected chi connectivity index (χ0v) is 12.0. The Morgan fingerprint density at radius 3 is 2.55 bits per heavy atom. The van der Waals surface area contributed by atoms with Crippen LogP contribution in [0.4, 0.5) is 0 Å². The number of hydrogen-bond acceptors (Lipinski definition) is 4. The van der Waals surface area contributed by atoms with Crippen LogP contribution in [0.5, 0.6) is 0 Å². The standard InChI is InChI=1S/C14H21N3O3/c1-3-4-14(13(15)19)5-7-17(8-6-14)12(18)11-9-10(2)20-16-11/h9H,3-8H2,1-2H3,(H2,15,19). The fraction of sp³-hybridized carbons (Fsp3) is 0.643. The van der Waals surface area contributed by atoms with Crippen molar-refractivity contribution in [1.82, 2.24) is 10.1 Å². The number of aromatic nitrogens is 1. The summed E-state index contributed by atoms with van der Waals surface area (Å²) >= 11 is 0. The lowest BCUT2D eigenvalue weighted by molar-refractivity contribution is -0.130. The highest BCUT2D eigenvalue weighted by Crippen LogP contribution is 2.36. The fourth-order valence-corrected chi connectivity index (χ4v) is 2.87. The summed E-state index contributed by atoms with van der Waals surface area (Å²) in [6.45, 7) is 4.86. The summed E-state index contributed by atoms with van der Waals surface area (Å²) < 4.78 is 4.92. The van der Waals surface area contributed by atoms with E-state index in [1.807, 2.05) is 6.92 Å². The molecule has 1 saturated heterocycles. The van der Waals surface area contributed by atoms with E-state index in [1.165, 1.54) is 0 Å². The zero-order chi connectivity index (χ0) is 14.8. The van der Waals surface area contributed by atoms with Gasteiger partial charge in [0.2, 0.25) is 5.91 Å². The minimum Gasteiger partial charge on any atom is -0.369 e. The molecular formula is C14H21N3O3. The number of rotatable bonds is 4. The van der Waals surface area contributed by atoms with Crippen LogP contribution >= 0.6 is 0 Å². The van der Waals surface area contributed by atoms with Gasteiger partial charge in [-0.25, -0.2) is 0 Å². The van der Waals surface area contributed by atoms with E-state index < -0.39 is 5.41 Å². The fourth-order valence-electron chi connectivity index (χ4n) is 2.87. The van der Waals surface area contributed by atoms with Crippen LogP contribution in [0.3, 0.4) is 0 Å². The molecule has 1 aromatic heterocycles. The molecule has 6 heteroatoms. The third-order valence-corrected chi connectivity index (χ3v) is 4.11. The zero-order valence-electron chi connectivity index (χ0n) is 12.0. The summed E-state index contributed by atoms with van der Waals surface area (Å²) in [7, 11) is 0. The van der Waals surface area contributed by atoms with Gasteiger partial charge in [-0.1, -0.05) is 18.5 Å². The molecule has 0 spiro atoms. The van der Waals surface area contributed by atoms with Gasteiger partial charge in [0.05, 0.1) is 5.41 Å². The highest BCUT2D eigenvalue weighted by molar-refractivity contribution is 5.92. The third kappa shape index (κ3) is 2.69. The summed E-state index contributed by atoms with van der Waals surface area (Å²) in [6.07, 6.45) is 2.95. The number of piperidine rings is 1. The Hall–Kier alpha value is -1.85. The molecule has 2 rings (SSSR count). The van der Waals surface area contributed by atoms with Gasteiger partial charge in [0.15, 0.2) is 5.69 Å². The molecule has 20 heavy (non-hydrogen) atoms. The molecule has 2 heterocycles. The van der Waals surface area contributed by atoms with Gasteiger partial charge < -0.3 is 15.2 Å². The molecule has 0 radical (unpaired) electrons. The van der Waals surface area contributed by atoms with E-state index in [-0.39, 0.29) is 11.8 Å². The van der Waals surface area contributed by atoms with Gasteiger partial charge in [-0.05, 0) is 26.2 Å². The maximum Gasteiger partial charge on any atom is 0.276 e. The monoisotopic (exact) mass is 279 g/mol. The minimum atomic E-state index is -0.453. The predicted octanol–water partition coefficient (Wildman–Crippen LogP) is 1.49. The van der Waals surface area contributed by atoms with Crippen molar-refractivity contribution >= 4 is 11.8 Å². The van der Waals surface area contributed by atoms with Gasteiger partial charge in [0, 0.05) is 19.2 Å². The van der Waals surface area contributed by atoms with Crippen LogP contribution < -0.4 is 5.73 Å². The largest absolute Gasteiger partial charge is 0.369 e. The number of likely N-dealkylation sites (tertiary alicyclic amines) is 1. The molecular weight excluding hydrogens is 258 g/mol. The Kier molecular flexibility index (Phi) is 4.11. The summed E-state index contributed by atoms with van der Waals surface area (Å²) in [5, 5.41) is 3.74. The minimum absolute atomic E-state index is 0.142. The Balaban J connectivity index is 2.03. The van der Waals surface area contributed by atoms with Crippen molar-refractivity contribution in [3.05, 3.63) is 17.5 Å².